The molecule has 0 aliphatic carbocycles. The lowest BCUT2D eigenvalue weighted by atomic mass is 9.85. The molecule has 40 heavy (non-hydrogen) atoms. The molecule has 0 fully saturated rings. The second kappa shape index (κ2) is 12.3. The van der Waals surface area contributed by atoms with Gasteiger partial charge < -0.3 is 10.7 Å². The minimum absolute atomic E-state index is 0.194. The van der Waals surface area contributed by atoms with Gasteiger partial charge in [0.05, 0.1) is 6.04 Å². The molecule has 0 spiro atoms. The molecule has 0 radical (unpaired) electrons. The van der Waals surface area contributed by atoms with Gasteiger partial charge in [0.15, 0.2) is 5.78 Å². The van der Waals surface area contributed by atoms with E-state index < -0.39 is 18.3 Å². The van der Waals surface area contributed by atoms with E-state index in [1.54, 1.807) is 0 Å². The topological polar surface area (TPSA) is 76.7 Å². The largest absolute Gasteiger partial charge is 0.375 e. The highest BCUT2D eigenvalue weighted by molar-refractivity contribution is 7.97. The van der Waals surface area contributed by atoms with Crippen molar-refractivity contribution in [3.63, 3.8) is 0 Å². The Bertz CT molecular complexity index is 1460. The number of aryl methyl sites for hydroxylation is 1. The van der Waals surface area contributed by atoms with Gasteiger partial charge in [0.2, 0.25) is 0 Å². The van der Waals surface area contributed by atoms with Crippen LogP contribution in [0.2, 0.25) is 0 Å². The molecule has 0 aliphatic heterocycles. The molecular formula is C35H36N3OP. The maximum atomic E-state index is 14.8. The number of hydrogen-bond donors (Lipinski definition) is 2. The summed E-state index contributed by atoms with van der Waals surface area (Å²) in [6.07, 6.45) is 0.194. The number of benzene rings is 4. The van der Waals surface area contributed by atoms with Crippen molar-refractivity contribution in [2.24, 2.45) is 5.41 Å². The zero-order chi connectivity index (χ0) is 28.8. The van der Waals surface area contributed by atoms with E-state index in [1.165, 1.54) is 0 Å². The van der Waals surface area contributed by atoms with Crippen LogP contribution in [-0.2, 0) is 4.79 Å². The Morgan fingerprint density at radius 1 is 0.800 bits per heavy atom. The van der Waals surface area contributed by atoms with E-state index in [9.17, 15) is 10.1 Å². The van der Waals surface area contributed by atoms with Crippen molar-refractivity contribution in [2.75, 3.05) is 5.32 Å². The number of Topliss-reactive ketones (excluding diaryl/α,β-unsaturated/α-hetero) is 1. The maximum Gasteiger partial charge on any atom is 0.196 e. The van der Waals surface area contributed by atoms with Crippen molar-refractivity contribution in [1.82, 2.24) is 0 Å². The molecule has 4 rings (SSSR count). The number of carbonyl (C=O) groups excluding carboxylic acids is 1. The summed E-state index contributed by atoms with van der Waals surface area (Å²) >= 11 is 0. The first-order valence-corrected chi connectivity index (χ1v) is 15.3. The summed E-state index contributed by atoms with van der Waals surface area (Å²) < 4.78 is 0. The number of nitrogens with one attached hydrogen (secondary N) is 2. The molecule has 1 atom stereocenters. The van der Waals surface area contributed by atoms with E-state index >= 15 is 0 Å². The van der Waals surface area contributed by atoms with Gasteiger partial charge in [0.1, 0.15) is 11.4 Å². The Labute approximate surface area is 238 Å². The van der Waals surface area contributed by atoms with Crippen molar-refractivity contribution in [2.45, 2.75) is 40.2 Å². The van der Waals surface area contributed by atoms with Gasteiger partial charge in [-0.1, -0.05) is 129 Å². The van der Waals surface area contributed by atoms with Crippen LogP contribution in [0.15, 0.2) is 115 Å². The van der Waals surface area contributed by atoms with Gasteiger partial charge in [-0.2, -0.15) is 5.26 Å². The molecule has 0 aliphatic rings. The molecular weight excluding hydrogens is 509 g/mol. The molecule has 1 unspecified atom stereocenters. The summed E-state index contributed by atoms with van der Waals surface area (Å²) in [4.78, 5) is 14.8. The third-order valence-corrected chi connectivity index (χ3v) is 11.3. The van der Waals surface area contributed by atoms with Gasteiger partial charge in [0, 0.05) is 17.8 Å². The lowest BCUT2D eigenvalue weighted by Gasteiger charge is -2.32. The van der Waals surface area contributed by atoms with Crippen LogP contribution in [0.3, 0.4) is 0 Å². The molecule has 2 N–H and O–H groups in total. The highest BCUT2D eigenvalue weighted by Gasteiger charge is 2.37. The van der Waals surface area contributed by atoms with Gasteiger partial charge in [-0.15, -0.1) is 0 Å². The third kappa shape index (κ3) is 6.01. The molecule has 4 nitrogen and oxygen atoms in total. The van der Waals surface area contributed by atoms with Crippen LogP contribution in [0.25, 0.3) is 0 Å². The number of ketones is 1. The van der Waals surface area contributed by atoms with E-state index in [2.05, 4.69) is 11.4 Å². The van der Waals surface area contributed by atoms with Crippen molar-refractivity contribution >= 4 is 45.3 Å². The van der Waals surface area contributed by atoms with Crippen molar-refractivity contribution in [1.29, 1.82) is 10.7 Å². The maximum absolute atomic E-state index is 14.8. The zero-order valence-corrected chi connectivity index (χ0v) is 24.5. The Morgan fingerprint density at radius 3 is 1.60 bits per heavy atom. The molecule has 0 bridgehead atoms. The summed E-state index contributed by atoms with van der Waals surface area (Å²) in [5, 5.41) is 26.2. The second-order valence-electron chi connectivity index (χ2n) is 11.0. The molecule has 5 heteroatoms. The lowest BCUT2D eigenvalue weighted by molar-refractivity contribution is -0.113. The van der Waals surface area contributed by atoms with Crippen LogP contribution in [0, 0.1) is 29.1 Å². The first kappa shape index (κ1) is 28.8. The highest BCUT2D eigenvalue weighted by atomic mass is 31.2. The quantitative estimate of drug-likeness (QED) is 0.186. The van der Waals surface area contributed by atoms with Gasteiger partial charge in [-0.3, -0.25) is 4.79 Å². The summed E-state index contributed by atoms with van der Waals surface area (Å²) in [6.45, 7) is 5.08. The lowest BCUT2D eigenvalue weighted by Crippen LogP contribution is -2.42. The summed E-state index contributed by atoms with van der Waals surface area (Å²) in [5.41, 5.74) is 1.93. The molecule has 0 saturated carbocycles. The number of nitrogens with zero attached hydrogens (tertiary/aromatic N) is 1. The van der Waals surface area contributed by atoms with E-state index in [0.29, 0.717) is 5.71 Å². The van der Waals surface area contributed by atoms with Crippen LogP contribution in [-0.4, -0.2) is 22.8 Å². The van der Waals surface area contributed by atoms with Crippen molar-refractivity contribution in [3.05, 3.63) is 121 Å². The standard InChI is InChI=1S/C35H36N3OP/c1-26-20-22-27(23-21-26)38-31(24-33(37)35(2,3)4)34(39)32(25-36)40(28-14-8-5-9-15-28,29-16-10-6-11-17-29)30-18-12-7-13-19-30/h5-23,31,37-38H,24H2,1-4H3. The molecule has 0 amide bonds. The van der Waals surface area contributed by atoms with Crippen LogP contribution in [0.4, 0.5) is 5.69 Å². The fourth-order valence-electron chi connectivity index (χ4n) is 4.82. The highest BCUT2D eigenvalue weighted by Crippen LogP contribution is 2.46. The van der Waals surface area contributed by atoms with Gasteiger partial charge in [-0.05, 0) is 47.3 Å². The van der Waals surface area contributed by atoms with Crippen LogP contribution < -0.4 is 21.2 Å². The fourth-order valence-corrected chi connectivity index (χ4v) is 8.98. The molecule has 0 aromatic heterocycles. The predicted molar refractivity (Wildman–Crippen MR) is 171 cm³/mol. The normalized spacial score (nSPS) is 12.2. The van der Waals surface area contributed by atoms with Gasteiger partial charge >= 0.3 is 0 Å². The third-order valence-electron chi connectivity index (χ3n) is 7.13. The molecule has 0 heterocycles. The number of nitriles is 1. The Hall–Kier alpha value is -4.19. The van der Waals surface area contributed by atoms with E-state index in [1.807, 2.05) is 143 Å². The number of hydrogen-bond acceptors (Lipinski definition) is 4. The smallest absolute Gasteiger partial charge is 0.196 e. The summed E-state index contributed by atoms with van der Waals surface area (Å²) in [5.74, 6) is -0.276. The average molecular weight is 546 g/mol. The second-order valence-corrected chi connectivity index (χ2v) is 14.3. The monoisotopic (exact) mass is 545 g/mol. The van der Waals surface area contributed by atoms with Crippen LogP contribution in [0.5, 0.6) is 0 Å². The average Bonchev–Trinajstić information content (AvgIpc) is 2.97. The van der Waals surface area contributed by atoms with Crippen LogP contribution >= 0.6 is 6.89 Å². The van der Waals surface area contributed by atoms with Gasteiger partial charge in [-0.25, -0.2) is 0 Å². The Kier molecular flexibility index (Phi) is 8.88. The van der Waals surface area contributed by atoms with Crippen molar-refractivity contribution < 1.29 is 4.79 Å². The summed E-state index contributed by atoms with van der Waals surface area (Å²) in [7, 11) is 0. The molecule has 202 valence electrons. The zero-order valence-electron chi connectivity index (χ0n) is 23.6. The Morgan fingerprint density at radius 2 is 1.23 bits per heavy atom. The first-order valence-electron chi connectivity index (χ1n) is 13.5. The van der Waals surface area contributed by atoms with E-state index in [0.717, 1.165) is 27.2 Å². The van der Waals surface area contributed by atoms with Crippen LogP contribution in [0.1, 0.15) is 32.8 Å². The Balaban J connectivity index is 2.05. The predicted octanol–water partition coefficient (Wildman–Crippen LogP) is 6.49. The minimum Gasteiger partial charge on any atom is -0.375 e. The SMILES string of the molecule is Cc1ccc(NC(CC(=N)C(C)(C)C)C(=O)C(C#N)=P(c2ccccc2)(c2ccccc2)c2ccccc2)cc1. The molecule has 0 saturated heterocycles. The first-order chi connectivity index (χ1) is 19.2. The van der Waals surface area contributed by atoms with E-state index in [4.69, 9.17) is 5.41 Å². The molecule has 4 aromatic rings. The fraction of sp³-hybridized carbons (Fsp3) is 0.200. The van der Waals surface area contributed by atoms with Gasteiger partial charge in [0.25, 0.3) is 0 Å². The van der Waals surface area contributed by atoms with Crippen molar-refractivity contribution in [3.8, 4) is 6.07 Å². The molecule has 4 aromatic carbocycles. The number of carbonyl (C=O) groups is 1. The number of anilines is 1. The number of rotatable bonds is 9. The van der Waals surface area contributed by atoms with E-state index in [-0.39, 0.29) is 17.5 Å². The minimum atomic E-state index is -2.87. The summed E-state index contributed by atoms with van der Waals surface area (Å²) in [6, 6.07) is 39.3.